The Labute approximate surface area is 161 Å². The number of hydrogen-bond acceptors (Lipinski definition) is 6. The number of alkyl halides is 2. The zero-order valence-electron chi connectivity index (χ0n) is 14.4. The fraction of sp³-hybridized carbons (Fsp3) is 0.105. The van der Waals surface area contributed by atoms with E-state index in [0.717, 1.165) is 11.8 Å². The smallest absolute Gasteiger partial charge is 0.388 e. The maximum absolute atomic E-state index is 14.1. The summed E-state index contributed by atoms with van der Waals surface area (Å²) in [4.78, 5) is 13.1. The van der Waals surface area contributed by atoms with E-state index in [0.29, 0.717) is 26.5 Å². The van der Waals surface area contributed by atoms with Crippen LogP contribution in [0.25, 0.3) is 32.0 Å². The summed E-state index contributed by atoms with van der Waals surface area (Å²) in [6, 6.07) is 7.32. The van der Waals surface area contributed by atoms with E-state index in [9.17, 15) is 18.3 Å². The highest BCUT2D eigenvalue weighted by Gasteiger charge is 2.16. The van der Waals surface area contributed by atoms with E-state index in [1.54, 1.807) is 6.07 Å². The molecule has 28 heavy (non-hydrogen) atoms. The van der Waals surface area contributed by atoms with Crippen LogP contribution in [0.15, 0.2) is 42.7 Å². The number of nitrogens with zero attached hydrogens (tertiary/aromatic N) is 3. The van der Waals surface area contributed by atoms with E-state index in [2.05, 4.69) is 19.7 Å². The van der Waals surface area contributed by atoms with Crippen LogP contribution in [0.1, 0.15) is 5.56 Å². The molecule has 5 nitrogen and oxygen atoms in total. The van der Waals surface area contributed by atoms with Crippen LogP contribution in [-0.2, 0) is 0 Å². The standard InChI is InChI=1S/C19H12F3N3O2S/c1-9-4-12(17-14(5-9)25-16(8-23-17)27-19(21)22)18-24-7-15(28-18)11-6-10(26)2-3-13(11)20/h2-8,19,26H,1H3. The molecule has 0 unspecified atom stereocenters. The third-order valence-corrected chi connectivity index (χ3v) is 4.99. The largest absolute Gasteiger partial charge is 0.508 e. The second-order valence-corrected chi connectivity index (χ2v) is 6.99. The first-order valence-electron chi connectivity index (χ1n) is 8.08. The minimum absolute atomic E-state index is 0.0511. The first-order chi connectivity index (χ1) is 13.4. The Morgan fingerprint density at radius 3 is 2.68 bits per heavy atom. The number of fused-ring (bicyclic) bond motifs is 1. The highest BCUT2D eigenvalue weighted by atomic mass is 32.1. The van der Waals surface area contributed by atoms with Gasteiger partial charge in [0.05, 0.1) is 22.1 Å². The molecule has 2 aromatic heterocycles. The minimum atomic E-state index is -2.99. The van der Waals surface area contributed by atoms with Gasteiger partial charge < -0.3 is 9.84 Å². The van der Waals surface area contributed by atoms with Crippen LogP contribution < -0.4 is 4.74 Å². The number of phenolic OH excluding ortho intramolecular Hbond substituents is 1. The Morgan fingerprint density at radius 1 is 1.07 bits per heavy atom. The van der Waals surface area contributed by atoms with Crippen molar-refractivity contribution in [3.8, 4) is 32.6 Å². The summed E-state index contributed by atoms with van der Waals surface area (Å²) in [6.45, 7) is -1.16. The first-order valence-corrected chi connectivity index (χ1v) is 8.89. The summed E-state index contributed by atoms with van der Waals surface area (Å²) in [5.74, 6) is -0.804. The SMILES string of the molecule is Cc1cc(-c2ncc(-c3cc(O)ccc3F)s2)c2ncc(OC(F)F)nc2c1. The first kappa shape index (κ1) is 18.2. The summed E-state index contributed by atoms with van der Waals surface area (Å²) >= 11 is 1.22. The number of aromatic hydroxyl groups is 1. The van der Waals surface area contributed by atoms with Gasteiger partial charge in [-0.25, -0.2) is 19.3 Å². The predicted molar refractivity (Wildman–Crippen MR) is 99.1 cm³/mol. The van der Waals surface area contributed by atoms with Crippen LogP contribution in [0.2, 0.25) is 0 Å². The van der Waals surface area contributed by atoms with Crippen molar-refractivity contribution in [1.29, 1.82) is 0 Å². The molecule has 0 amide bonds. The molecule has 0 radical (unpaired) electrons. The molecule has 0 spiro atoms. The molecule has 0 saturated heterocycles. The van der Waals surface area contributed by atoms with Crippen LogP contribution in [0.5, 0.6) is 11.6 Å². The predicted octanol–water partition coefficient (Wildman–Crippen LogP) is 5.17. The average Bonchev–Trinajstić information content (AvgIpc) is 3.12. The van der Waals surface area contributed by atoms with E-state index in [-0.39, 0.29) is 17.2 Å². The second-order valence-electron chi connectivity index (χ2n) is 5.96. The van der Waals surface area contributed by atoms with Crippen molar-refractivity contribution < 1.29 is 23.0 Å². The number of aryl methyl sites for hydroxylation is 1. The molecule has 4 rings (SSSR count). The van der Waals surface area contributed by atoms with Gasteiger partial charge in [0.15, 0.2) is 0 Å². The second kappa shape index (κ2) is 7.08. The van der Waals surface area contributed by atoms with E-state index in [1.165, 1.54) is 35.7 Å². The molecule has 0 atom stereocenters. The summed E-state index contributed by atoms with van der Waals surface area (Å²) < 4.78 is 43.3. The molecule has 9 heteroatoms. The van der Waals surface area contributed by atoms with Crippen LogP contribution in [-0.4, -0.2) is 26.7 Å². The summed E-state index contributed by atoms with van der Waals surface area (Å²) in [6.07, 6.45) is 2.63. The molecule has 142 valence electrons. The number of benzene rings is 2. The zero-order valence-corrected chi connectivity index (χ0v) is 15.2. The van der Waals surface area contributed by atoms with E-state index < -0.39 is 12.4 Å². The van der Waals surface area contributed by atoms with Gasteiger partial charge in [0.2, 0.25) is 5.88 Å². The Kier molecular flexibility index (Phi) is 4.60. The van der Waals surface area contributed by atoms with E-state index >= 15 is 0 Å². The number of hydrogen-bond donors (Lipinski definition) is 1. The van der Waals surface area contributed by atoms with Gasteiger partial charge in [-0.3, -0.25) is 0 Å². The van der Waals surface area contributed by atoms with Crippen molar-refractivity contribution in [2.24, 2.45) is 0 Å². The minimum Gasteiger partial charge on any atom is -0.508 e. The highest BCUT2D eigenvalue weighted by molar-refractivity contribution is 7.18. The zero-order chi connectivity index (χ0) is 19.8. The Hall–Kier alpha value is -3.20. The molecule has 0 aliphatic rings. The molecule has 0 fully saturated rings. The van der Waals surface area contributed by atoms with Gasteiger partial charge in [-0.1, -0.05) is 0 Å². The lowest BCUT2D eigenvalue weighted by Crippen LogP contribution is -2.04. The van der Waals surface area contributed by atoms with Crippen LogP contribution in [0.3, 0.4) is 0 Å². The van der Waals surface area contributed by atoms with E-state index in [1.807, 2.05) is 13.0 Å². The third kappa shape index (κ3) is 3.48. The monoisotopic (exact) mass is 403 g/mol. The molecule has 1 N–H and O–H groups in total. The molecule has 2 heterocycles. The number of ether oxygens (including phenoxy) is 1. The van der Waals surface area contributed by atoms with Crippen molar-refractivity contribution in [3.63, 3.8) is 0 Å². The number of aromatic nitrogens is 3. The summed E-state index contributed by atoms with van der Waals surface area (Å²) in [5.41, 5.74) is 2.55. The van der Waals surface area contributed by atoms with Gasteiger partial charge in [-0.05, 0) is 42.8 Å². The highest BCUT2D eigenvalue weighted by Crippen LogP contribution is 2.37. The van der Waals surface area contributed by atoms with Gasteiger partial charge in [-0.2, -0.15) is 8.78 Å². The number of thiazole rings is 1. The fourth-order valence-electron chi connectivity index (χ4n) is 2.78. The maximum Gasteiger partial charge on any atom is 0.388 e. The molecular weight excluding hydrogens is 391 g/mol. The van der Waals surface area contributed by atoms with Gasteiger partial charge in [-0.15, -0.1) is 11.3 Å². The van der Waals surface area contributed by atoms with Crippen LogP contribution in [0.4, 0.5) is 13.2 Å². The molecule has 0 aliphatic carbocycles. The third-order valence-electron chi connectivity index (χ3n) is 3.93. The van der Waals surface area contributed by atoms with Crippen molar-refractivity contribution in [3.05, 3.63) is 54.1 Å². The van der Waals surface area contributed by atoms with Crippen LogP contribution in [0, 0.1) is 12.7 Å². The molecule has 0 aliphatic heterocycles. The van der Waals surface area contributed by atoms with E-state index in [4.69, 9.17) is 0 Å². The quantitative estimate of drug-likeness (QED) is 0.509. The fourth-order valence-corrected chi connectivity index (χ4v) is 3.74. The van der Waals surface area contributed by atoms with Gasteiger partial charge in [0.1, 0.15) is 16.6 Å². The molecule has 2 aromatic carbocycles. The molecule has 0 bridgehead atoms. The van der Waals surface area contributed by atoms with Gasteiger partial charge in [0, 0.05) is 17.3 Å². The number of phenols is 1. The van der Waals surface area contributed by atoms with Gasteiger partial charge >= 0.3 is 6.61 Å². The van der Waals surface area contributed by atoms with Crippen molar-refractivity contribution in [1.82, 2.24) is 15.0 Å². The van der Waals surface area contributed by atoms with Gasteiger partial charge in [0.25, 0.3) is 0 Å². The van der Waals surface area contributed by atoms with Crippen molar-refractivity contribution in [2.45, 2.75) is 13.5 Å². The molecular formula is C19H12F3N3O2S. The topological polar surface area (TPSA) is 68.1 Å². The maximum atomic E-state index is 14.1. The number of halogens is 3. The molecule has 0 saturated carbocycles. The van der Waals surface area contributed by atoms with Crippen LogP contribution >= 0.6 is 11.3 Å². The lowest BCUT2D eigenvalue weighted by Gasteiger charge is -2.07. The Morgan fingerprint density at radius 2 is 1.89 bits per heavy atom. The molecule has 4 aromatic rings. The number of rotatable bonds is 4. The lowest BCUT2D eigenvalue weighted by molar-refractivity contribution is -0.0528. The van der Waals surface area contributed by atoms with Crippen molar-refractivity contribution >= 4 is 22.4 Å². The summed E-state index contributed by atoms with van der Waals surface area (Å²) in [7, 11) is 0. The Balaban J connectivity index is 1.81. The average molecular weight is 403 g/mol. The Bertz CT molecular complexity index is 1180. The lowest BCUT2D eigenvalue weighted by atomic mass is 10.1. The normalized spacial score (nSPS) is 11.3. The summed E-state index contributed by atoms with van der Waals surface area (Å²) in [5, 5.41) is 10.2. The van der Waals surface area contributed by atoms with Crippen molar-refractivity contribution in [2.75, 3.05) is 0 Å².